The summed E-state index contributed by atoms with van der Waals surface area (Å²) in [5.41, 5.74) is 0. The highest BCUT2D eigenvalue weighted by atomic mass is 32.1. The first kappa shape index (κ1) is 10.8. The number of rotatable bonds is 5. The van der Waals surface area contributed by atoms with Crippen molar-refractivity contribution < 1.29 is 9.21 Å². The molecule has 1 N–H and O–H groups in total. The molecule has 84 valence electrons. The Balaban J connectivity index is 1.90. The quantitative estimate of drug-likeness (QED) is 0.859. The van der Waals surface area contributed by atoms with E-state index in [1.165, 1.54) is 18.5 Å². The number of aromatic nitrogens is 2. The van der Waals surface area contributed by atoms with Gasteiger partial charge in [-0.2, -0.15) is 4.37 Å². The average molecular weight is 237 g/mol. The summed E-state index contributed by atoms with van der Waals surface area (Å²) < 4.78 is 9.24. The van der Waals surface area contributed by atoms with E-state index in [-0.39, 0.29) is 5.78 Å². The largest absolute Gasteiger partial charge is 0.467 e. The molecule has 16 heavy (non-hydrogen) atoms. The Morgan fingerprint density at radius 2 is 2.50 bits per heavy atom. The lowest BCUT2D eigenvalue weighted by atomic mass is 10.3. The fourth-order valence-corrected chi connectivity index (χ4v) is 1.78. The van der Waals surface area contributed by atoms with Crippen LogP contribution in [0.1, 0.15) is 18.5 Å². The van der Waals surface area contributed by atoms with Crippen LogP contribution in [0, 0.1) is 0 Å². The first-order chi connectivity index (χ1) is 7.74. The van der Waals surface area contributed by atoms with Crippen LogP contribution < -0.4 is 5.32 Å². The second-order valence-electron chi connectivity index (χ2n) is 3.33. The van der Waals surface area contributed by atoms with Crippen molar-refractivity contribution in [3.63, 3.8) is 0 Å². The molecule has 0 unspecified atom stereocenters. The van der Waals surface area contributed by atoms with E-state index in [4.69, 9.17) is 4.42 Å². The summed E-state index contributed by atoms with van der Waals surface area (Å²) in [5, 5.41) is 3.78. The van der Waals surface area contributed by atoms with E-state index < -0.39 is 0 Å². The van der Waals surface area contributed by atoms with Crippen molar-refractivity contribution in [3.8, 4) is 0 Å². The number of anilines is 1. The number of Topliss-reactive ketones (excluding diaryl/α,β-unsaturated/α-hetero) is 1. The second kappa shape index (κ2) is 4.89. The Morgan fingerprint density at radius 1 is 1.62 bits per heavy atom. The van der Waals surface area contributed by atoms with Gasteiger partial charge < -0.3 is 9.73 Å². The molecule has 2 aromatic heterocycles. The first-order valence-electron chi connectivity index (χ1n) is 4.82. The molecule has 0 aliphatic heterocycles. The topological polar surface area (TPSA) is 68.0 Å². The van der Waals surface area contributed by atoms with Gasteiger partial charge in [-0.15, -0.1) is 0 Å². The van der Waals surface area contributed by atoms with Crippen molar-refractivity contribution in [2.45, 2.75) is 19.9 Å². The predicted molar refractivity (Wildman–Crippen MR) is 60.3 cm³/mol. The molecule has 2 aromatic rings. The molecule has 0 spiro atoms. The first-order valence-corrected chi connectivity index (χ1v) is 5.59. The van der Waals surface area contributed by atoms with Gasteiger partial charge >= 0.3 is 0 Å². The number of carbonyl (C=O) groups excluding carboxylic acids is 1. The van der Waals surface area contributed by atoms with E-state index in [0.29, 0.717) is 23.9 Å². The van der Waals surface area contributed by atoms with E-state index in [9.17, 15) is 4.79 Å². The summed E-state index contributed by atoms with van der Waals surface area (Å²) in [4.78, 5) is 15.0. The molecule has 0 amide bonds. The highest BCUT2D eigenvalue weighted by Crippen LogP contribution is 2.13. The van der Waals surface area contributed by atoms with Crippen LogP contribution in [0.2, 0.25) is 0 Å². The van der Waals surface area contributed by atoms with Crippen molar-refractivity contribution in [2.24, 2.45) is 0 Å². The number of nitrogens with zero attached hydrogens (tertiary/aromatic N) is 2. The summed E-state index contributed by atoms with van der Waals surface area (Å²) in [6.45, 7) is 2.10. The van der Waals surface area contributed by atoms with Crippen LogP contribution in [0.25, 0.3) is 0 Å². The molecule has 0 aliphatic rings. The maximum Gasteiger partial charge on any atom is 0.202 e. The van der Waals surface area contributed by atoms with Gasteiger partial charge in [-0.3, -0.25) is 4.79 Å². The molecule has 2 rings (SSSR count). The van der Waals surface area contributed by atoms with Gasteiger partial charge in [0.1, 0.15) is 11.5 Å². The lowest BCUT2D eigenvalue weighted by Gasteiger charge is -1.97. The summed E-state index contributed by atoms with van der Waals surface area (Å²) in [7, 11) is 0. The Hall–Kier alpha value is -1.69. The Bertz CT molecular complexity index is 464. The summed E-state index contributed by atoms with van der Waals surface area (Å²) >= 11 is 1.25. The Labute approximate surface area is 96.7 Å². The third kappa shape index (κ3) is 2.90. The van der Waals surface area contributed by atoms with Crippen LogP contribution in [0.15, 0.2) is 22.8 Å². The fraction of sp³-hybridized carbons (Fsp3) is 0.300. The average Bonchev–Trinajstić information content (AvgIpc) is 2.84. The molecule has 0 atom stereocenters. The molecule has 5 nitrogen and oxygen atoms in total. The van der Waals surface area contributed by atoms with E-state index in [1.807, 2.05) is 12.1 Å². The van der Waals surface area contributed by atoms with E-state index in [0.717, 1.165) is 5.76 Å². The number of furan rings is 1. The zero-order valence-electron chi connectivity index (χ0n) is 8.77. The van der Waals surface area contributed by atoms with Gasteiger partial charge in [0.15, 0.2) is 5.82 Å². The molecule has 0 aromatic carbocycles. The third-order valence-corrected chi connectivity index (χ3v) is 2.58. The minimum absolute atomic E-state index is 0.0652. The second-order valence-corrected chi connectivity index (χ2v) is 4.08. The van der Waals surface area contributed by atoms with Crippen LogP contribution in [0.3, 0.4) is 0 Å². The molecular weight excluding hydrogens is 226 g/mol. The summed E-state index contributed by atoms with van der Waals surface area (Å²) in [6.07, 6.45) is 1.91. The normalized spacial score (nSPS) is 10.3. The molecular formula is C10H11N3O2S. The van der Waals surface area contributed by atoms with Crippen molar-refractivity contribution in [1.29, 1.82) is 0 Å². The summed E-state index contributed by atoms with van der Waals surface area (Å²) in [6, 6.07) is 3.71. The number of hydrogen-bond donors (Lipinski definition) is 1. The van der Waals surface area contributed by atoms with Gasteiger partial charge in [-0.05, 0) is 19.1 Å². The van der Waals surface area contributed by atoms with Gasteiger partial charge in [0.05, 0.1) is 19.2 Å². The smallest absolute Gasteiger partial charge is 0.202 e. The summed E-state index contributed by atoms with van der Waals surface area (Å²) in [5.74, 6) is 1.47. The molecule has 0 aliphatic carbocycles. The number of nitrogens with one attached hydrogen (secondary N) is 1. The molecule has 0 saturated carbocycles. The van der Waals surface area contributed by atoms with Crippen LogP contribution in [-0.2, 0) is 17.8 Å². The number of hydrogen-bond acceptors (Lipinski definition) is 6. The van der Waals surface area contributed by atoms with E-state index in [2.05, 4.69) is 14.7 Å². The van der Waals surface area contributed by atoms with E-state index >= 15 is 0 Å². The third-order valence-electron chi connectivity index (χ3n) is 1.87. The highest BCUT2D eigenvalue weighted by molar-refractivity contribution is 7.09. The maximum atomic E-state index is 10.9. The molecule has 0 bridgehead atoms. The maximum absolute atomic E-state index is 10.9. The number of carbonyl (C=O) groups is 1. The molecule has 0 saturated heterocycles. The minimum atomic E-state index is 0.0652. The van der Waals surface area contributed by atoms with Crippen LogP contribution in [0.5, 0.6) is 0 Å². The molecule has 0 radical (unpaired) electrons. The lowest BCUT2D eigenvalue weighted by molar-refractivity contribution is -0.116. The standard InChI is InChI=1S/C10H11N3O2S/c1-7(14)5-9-12-10(16-13-9)11-6-8-3-2-4-15-8/h2-4H,5-6H2,1H3,(H,11,12,13). The van der Waals surface area contributed by atoms with Gasteiger partial charge in [0.25, 0.3) is 0 Å². The van der Waals surface area contributed by atoms with Crippen LogP contribution >= 0.6 is 11.5 Å². The van der Waals surface area contributed by atoms with E-state index in [1.54, 1.807) is 6.26 Å². The molecule has 0 fully saturated rings. The fourth-order valence-electron chi connectivity index (χ4n) is 1.20. The lowest BCUT2D eigenvalue weighted by Crippen LogP contribution is -2.00. The highest BCUT2D eigenvalue weighted by Gasteiger charge is 2.06. The van der Waals surface area contributed by atoms with Gasteiger partial charge in [-0.25, -0.2) is 4.98 Å². The zero-order chi connectivity index (χ0) is 11.4. The minimum Gasteiger partial charge on any atom is -0.467 e. The monoisotopic (exact) mass is 237 g/mol. The van der Waals surface area contributed by atoms with Crippen LogP contribution in [0.4, 0.5) is 5.13 Å². The van der Waals surface area contributed by atoms with Crippen molar-refractivity contribution in [1.82, 2.24) is 9.36 Å². The van der Waals surface area contributed by atoms with Crippen molar-refractivity contribution in [2.75, 3.05) is 5.32 Å². The Kier molecular flexibility index (Phi) is 3.31. The molecule has 6 heteroatoms. The Morgan fingerprint density at radius 3 is 3.19 bits per heavy atom. The van der Waals surface area contributed by atoms with Crippen LogP contribution in [-0.4, -0.2) is 15.1 Å². The van der Waals surface area contributed by atoms with Gasteiger partial charge in [0.2, 0.25) is 5.13 Å². The molecule has 2 heterocycles. The van der Waals surface area contributed by atoms with Gasteiger partial charge in [0, 0.05) is 11.5 Å². The SMILES string of the molecule is CC(=O)Cc1nsc(NCc2ccco2)n1. The van der Waals surface area contributed by atoms with Crippen molar-refractivity contribution >= 4 is 22.4 Å². The van der Waals surface area contributed by atoms with Crippen molar-refractivity contribution in [3.05, 3.63) is 30.0 Å². The zero-order valence-corrected chi connectivity index (χ0v) is 9.58. The van der Waals surface area contributed by atoms with Gasteiger partial charge in [-0.1, -0.05) is 0 Å². The number of ketones is 1. The predicted octanol–water partition coefficient (Wildman–Crippen LogP) is 1.87.